The highest BCUT2D eigenvalue weighted by molar-refractivity contribution is 7.88. The van der Waals surface area contributed by atoms with Crippen LogP contribution in [0, 0.1) is 5.82 Å². The van der Waals surface area contributed by atoms with Crippen LogP contribution in [0.4, 0.5) is 4.39 Å². The van der Waals surface area contributed by atoms with Gasteiger partial charge in [0.05, 0.1) is 19.0 Å². The van der Waals surface area contributed by atoms with Crippen LogP contribution in [0.1, 0.15) is 5.56 Å². The smallest absolute Gasteiger partial charge is 0.324 e. The summed E-state index contributed by atoms with van der Waals surface area (Å²) in [5.74, 6) is -2.23. The zero-order valence-electron chi connectivity index (χ0n) is 10.5. The first-order valence-electron chi connectivity index (χ1n) is 5.94. The summed E-state index contributed by atoms with van der Waals surface area (Å²) in [5, 5.41) is 9.04. The summed E-state index contributed by atoms with van der Waals surface area (Å²) in [6.07, 6.45) is 0. The number of carboxylic acid groups (broad SMARTS) is 1. The maximum Gasteiger partial charge on any atom is 0.324 e. The second-order valence-electron chi connectivity index (χ2n) is 4.43. The fourth-order valence-electron chi connectivity index (χ4n) is 2.04. The molecule has 110 valence electrons. The Labute approximate surface area is 115 Å². The number of sulfonamides is 1. The number of morpholine rings is 1. The van der Waals surface area contributed by atoms with Gasteiger partial charge in [0.2, 0.25) is 10.0 Å². The van der Waals surface area contributed by atoms with Crippen LogP contribution in [0.15, 0.2) is 24.3 Å². The Hall–Kier alpha value is -1.51. The Bertz CT molecular complexity index is 604. The molecule has 0 radical (unpaired) electrons. The summed E-state index contributed by atoms with van der Waals surface area (Å²) in [6.45, 7) is -0.0571. The van der Waals surface area contributed by atoms with E-state index in [9.17, 15) is 17.6 Å². The number of benzene rings is 1. The van der Waals surface area contributed by atoms with E-state index in [-0.39, 0.29) is 25.3 Å². The number of carbonyl (C=O) groups is 1. The molecule has 0 bridgehead atoms. The Morgan fingerprint density at radius 3 is 2.90 bits per heavy atom. The molecule has 1 aromatic rings. The number of halogens is 1. The third-order valence-corrected chi connectivity index (χ3v) is 4.81. The highest BCUT2D eigenvalue weighted by Gasteiger charge is 2.37. The minimum Gasteiger partial charge on any atom is -0.480 e. The average molecular weight is 303 g/mol. The molecule has 1 unspecified atom stereocenters. The zero-order chi connectivity index (χ0) is 14.8. The van der Waals surface area contributed by atoms with Gasteiger partial charge in [-0.2, -0.15) is 4.31 Å². The van der Waals surface area contributed by atoms with Crippen molar-refractivity contribution in [3.05, 3.63) is 35.6 Å². The summed E-state index contributed by atoms with van der Waals surface area (Å²) in [4.78, 5) is 11.1. The van der Waals surface area contributed by atoms with Crippen molar-refractivity contribution >= 4 is 16.0 Å². The Kier molecular flexibility index (Phi) is 4.36. The van der Waals surface area contributed by atoms with Gasteiger partial charge in [0.15, 0.2) is 0 Å². The number of carboxylic acids is 1. The number of ether oxygens (including phenoxy) is 1. The van der Waals surface area contributed by atoms with E-state index in [1.165, 1.54) is 18.2 Å². The molecule has 0 aromatic heterocycles. The van der Waals surface area contributed by atoms with Crippen LogP contribution >= 0.6 is 0 Å². The van der Waals surface area contributed by atoms with Gasteiger partial charge in [-0.1, -0.05) is 12.1 Å². The highest BCUT2D eigenvalue weighted by atomic mass is 32.2. The van der Waals surface area contributed by atoms with Crippen LogP contribution in [0.3, 0.4) is 0 Å². The lowest BCUT2D eigenvalue weighted by Crippen LogP contribution is -2.52. The van der Waals surface area contributed by atoms with E-state index in [1.807, 2.05) is 0 Å². The molecule has 0 spiro atoms. The van der Waals surface area contributed by atoms with Crippen LogP contribution in [0.25, 0.3) is 0 Å². The summed E-state index contributed by atoms with van der Waals surface area (Å²) in [7, 11) is -3.84. The fraction of sp³-hybridized carbons (Fsp3) is 0.417. The lowest BCUT2D eigenvalue weighted by atomic mass is 10.2. The molecule has 1 heterocycles. The van der Waals surface area contributed by atoms with Gasteiger partial charge in [-0.15, -0.1) is 0 Å². The van der Waals surface area contributed by atoms with Gasteiger partial charge in [0.25, 0.3) is 0 Å². The minimum absolute atomic E-state index is 0.0192. The van der Waals surface area contributed by atoms with Crippen molar-refractivity contribution in [2.45, 2.75) is 11.8 Å². The third-order valence-electron chi connectivity index (χ3n) is 2.96. The number of nitrogens with zero attached hydrogens (tertiary/aromatic N) is 1. The second-order valence-corrected chi connectivity index (χ2v) is 6.35. The predicted molar refractivity (Wildman–Crippen MR) is 68.0 cm³/mol. The standard InChI is InChI=1S/C12H14FNO5S/c13-10-3-1-2-9(6-10)8-20(17,18)14-4-5-19-7-11(14)12(15)16/h1-3,6,11H,4-5,7-8H2,(H,15,16). The zero-order valence-corrected chi connectivity index (χ0v) is 11.3. The Morgan fingerprint density at radius 2 is 2.25 bits per heavy atom. The number of hydrogen-bond acceptors (Lipinski definition) is 4. The molecule has 0 aliphatic carbocycles. The van der Waals surface area contributed by atoms with E-state index >= 15 is 0 Å². The monoisotopic (exact) mass is 303 g/mol. The van der Waals surface area contributed by atoms with Crippen LogP contribution in [0.5, 0.6) is 0 Å². The average Bonchev–Trinajstić information content (AvgIpc) is 2.38. The van der Waals surface area contributed by atoms with Crippen molar-refractivity contribution in [2.24, 2.45) is 0 Å². The molecule has 0 amide bonds. The van der Waals surface area contributed by atoms with E-state index in [0.29, 0.717) is 0 Å². The van der Waals surface area contributed by atoms with Crippen LogP contribution in [-0.4, -0.2) is 49.6 Å². The van der Waals surface area contributed by atoms with Crippen molar-refractivity contribution in [1.29, 1.82) is 0 Å². The van der Waals surface area contributed by atoms with Gasteiger partial charge < -0.3 is 9.84 Å². The van der Waals surface area contributed by atoms with Gasteiger partial charge in [0, 0.05) is 6.54 Å². The van der Waals surface area contributed by atoms with E-state index in [4.69, 9.17) is 9.84 Å². The van der Waals surface area contributed by atoms with Crippen molar-refractivity contribution in [3.8, 4) is 0 Å². The molecule has 8 heteroatoms. The molecule has 1 aliphatic heterocycles. The van der Waals surface area contributed by atoms with Gasteiger partial charge in [-0.05, 0) is 17.7 Å². The lowest BCUT2D eigenvalue weighted by Gasteiger charge is -2.31. The molecule has 6 nitrogen and oxygen atoms in total. The topological polar surface area (TPSA) is 83.9 Å². The Balaban J connectivity index is 2.22. The lowest BCUT2D eigenvalue weighted by molar-refractivity contribution is -0.146. The van der Waals surface area contributed by atoms with Crippen molar-refractivity contribution in [1.82, 2.24) is 4.31 Å². The summed E-state index contributed by atoms with van der Waals surface area (Å²) < 4.78 is 43.5. The van der Waals surface area contributed by atoms with E-state index in [1.54, 1.807) is 0 Å². The van der Waals surface area contributed by atoms with Crippen LogP contribution in [-0.2, 0) is 25.3 Å². The molecule has 1 fully saturated rings. The number of aliphatic carboxylic acids is 1. The second kappa shape index (κ2) is 5.86. The maximum absolute atomic E-state index is 13.1. The molecule has 2 rings (SSSR count). The summed E-state index contributed by atoms with van der Waals surface area (Å²) >= 11 is 0. The molecule has 1 aromatic carbocycles. The fourth-order valence-corrected chi connectivity index (χ4v) is 3.69. The molecule has 1 N–H and O–H groups in total. The molecule has 1 saturated heterocycles. The highest BCUT2D eigenvalue weighted by Crippen LogP contribution is 2.17. The SMILES string of the molecule is O=C(O)C1COCCN1S(=O)(=O)Cc1cccc(F)c1. The van der Waals surface area contributed by atoms with Crippen LogP contribution < -0.4 is 0 Å². The summed E-state index contributed by atoms with van der Waals surface area (Å²) in [6, 6.07) is 3.99. The van der Waals surface area contributed by atoms with Gasteiger partial charge in [-0.3, -0.25) is 4.79 Å². The van der Waals surface area contributed by atoms with Crippen molar-refractivity contribution in [3.63, 3.8) is 0 Å². The van der Waals surface area contributed by atoms with Crippen molar-refractivity contribution in [2.75, 3.05) is 19.8 Å². The largest absolute Gasteiger partial charge is 0.480 e. The van der Waals surface area contributed by atoms with Crippen molar-refractivity contribution < 1.29 is 27.4 Å². The van der Waals surface area contributed by atoms with Gasteiger partial charge in [0.1, 0.15) is 11.9 Å². The predicted octanol–water partition coefficient (Wildman–Crippen LogP) is 0.441. The molecule has 1 atom stereocenters. The first-order chi connectivity index (χ1) is 9.40. The van der Waals surface area contributed by atoms with Gasteiger partial charge in [-0.25, -0.2) is 12.8 Å². The first-order valence-corrected chi connectivity index (χ1v) is 7.55. The summed E-state index contributed by atoms with van der Waals surface area (Å²) in [5.41, 5.74) is 0.278. The van der Waals surface area contributed by atoms with Crippen LogP contribution in [0.2, 0.25) is 0 Å². The molecule has 20 heavy (non-hydrogen) atoms. The van der Waals surface area contributed by atoms with E-state index < -0.39 is 33.6 Å². The quantitative estimate of drug-likeness (QED) is 0.872. The number of hydrogen-bond donors (Lipinski definition) is 1. The molecule has 0 saturated carbocycles. The third kappa shape index (κ3) is 3.33. The molecular weight excluding hydrogens is 289 g/mol. The first kappa shape index (κ1) is 14.9. The molecular formula is C12H14FNO5S. The number of rotatable bonds is 4. The van der Waals surface area contributed by atoms with Gasteiger partial charge >= 0.3 is 5.97 Å². The molecule has 1 aliphatic rings. The maximum atomic E-state index is 13.1. The Morgan fingerprint density at radius 1 is 1.50 bits per heavy atom. The van der Waals surface area contributed by atoms with E-state index in [2.05, 4.69) is 0 Å². The minimum atomic E-state index is -3.84. The normalized spacial score (nSPS) is 20.8. The van der Waals surface area contributed by atoms with E-state index in [0.717, 1.165) is 10.4 Å².